The first-order valence-corrected chi connectivity index (χ1v) is 10.3. The molecule has 1 radical (unpaired) electrons. The van der Waals surface area contributed by atoms with E-state index < -0.39 is 10.5 Å². The molecule has 23 heavy (non-hydrogen) atoms. The van der Waals surface area contributed by atoms with Gasteiger partial charge in [-0.25, -0.2) is 0 Å². The van der Waals surface area contributed by atoms with Crippen LogP contribution in [0, 0.1) is 0 Å². The van der Waals surface area contributed by atoms with Crippen LogP contribution in [-0.4, -0.2) is 6.54 Å². The average molecular weight is 342 g/mol. The highest BCUT2D eigenvalue weighted by Crippen LogP contribution is 2.16. The smallest absolute Gasteiger partial charge is 0.147 e. The van der Waals surface area contributed by atoms with Gasteiger partial charge in [0, 0.05) is 6.54 Å². The summed E-state index contributed by atoms with van der Waals surface area (Å²) in [5.41, 5.74) is 2.56. The maximum atomic E-state index is 11.8. The van der Waals surface area contributed by atoms with Crippen LogP contribution in [0.3, 0.4) is 0 Å². The van der Waals surface area contributed by atoms with Crippen molar-refractivity contribution in [3.05, 3.63) is 30.3 Å². The molecule has 0 saturated carbocycles. The molecule has 0 fully saturated rings. The molecule has 0 spiro atoms. The Morgan fingerprint density at radius 2 is 1.39 bits per heavy atom. The minimum atomic E-state index is -3.68. The van der Waals surface area contributed by atoms with Crippen LogP contribution in [0.15, 0.2) is 35.2 Å². The molecular formula is C18H31NO3S+. The fraction of sp³-hybridized carbons (Fsp3) is 0.667. The predicted octanol–water partition coefficient (Wildman–Crippen LogP) is 5.25. The molecule has 0 aliphatic carbocycles. The Balaban J connectivity index is 1.94. The Morgan fingerprint density at radius 1 is 0.870 bits per heavy atom. The van der Waals surface area contributed by atoms with Gasteiger partial charge in [0.25, 0.3) is 0 Å². The summed E-state index contributed by atoms with van der Waals surface area (Å²) in [5.74, 6) is 0. The van der Waals surface area contributed by atoms with Crippen molar-refractivity contribution in [1.82, 2.24) is 5.48 Å². The van der Waals surface area contributed by atoms with E-state index in [4.69, 9.17) is 4.28 Å². The Morgan fingerprint density at radius 3 is 1.96 bits per heavy atom. The van der Waals surface area contributed by atoms with E-state index in [0.29, 0.717) is 6.54 Å². The first-order valence-electron chi connectivity index (χ1n) is 8.88. The summed E-state index contributed by atoms with van der Waals surface area (Å²) in [5, 5.41) is 0. The van der Waals surface area contributed by atoms with E-state index in [2.05, 4.69) is 12.4 Å². The van der Waals surface area contributed by atoms with Gasteiger partial charge >= 0.3 is 10.5 Å². The molecule has 1 atom stereocenters. The Hall–Kier alpha value is -0.750. The van der Waals surface area contributed by atoms with Crippen LogP contribution in [-0.2, 0) is 23.5 Å². The third-order valence-electron chi connectivity index (χ3n) is 3.83. The van der Waals surface area contributed by atoms with Crippen LogP contribution in [0.25, 0.3) is 0 Å². The van der Waals surface area contributed by atoms with Crippen molar-refractivity contribution in [2.45, 2.75) is 76.0 Å². The number of hydrogen-bond donors (Lipinski definition) is 1. The quantitative estimate of drug-likeness (QED) is 0.286. The van der Waals surface area contributed by atoms with Crippen LogP contribution in [0.2, 0.25) is 0 Å². The van der Waals surface area contributed by atoms with Gasteiger partial charge in [0.1, 0.15) is 0 Å². The zero-order chi connectivity index (χ0) is 16.8. The molecule has 131 valence electrons. The van der Waals surface area contributed by atoms with E-state index >= 15 is 0 Å². The van der Waals surface area contributed by atoms with Gasteiger partial charge < -0.3 is 0 Å². The van der Waals surface area contributed by atoms with Crippen LogP contribution in [0.5, 0.6) is 0 Å². The lowest BCUT2D eigenvalue weighted by Crippen LogP contribution is -2.24. The number of hydrogen-bond acceptors (Lipinski definition) is 3. The molecule has 1 aromatic carbocycles. The lowest BCUT2D eigenvalue weighted by Gasteiger charge is -2.03. The molecule has 0 aliphatic heterocycles. The molecule has 0 amide bonds. The second-order valence-corrected chi connectivity index (χ2v) is 7.47. The van der Waals surface area contributed by atoms with Crippen molar-refractivity contribution < 1.29 is 13.0 Å². The molecular weight excluding hydrogens is 310 g/mol. The lowest BCUT2D eigenvalue weighted by atomic mass is 10.1. The van der Waals surface area contributed by atoms with Crippen molar-refractivity contribution in [3.63, 3.8) is 0 Å². The number of hydroxylamine groups is 1. The maximum Gasteiger partial charge on any atom is 0.447 e. The minimum Gasteiger partial charge on any atom is -0.147 e. The normalized spacial score (nSPS) is 13.8. The Bertz CT molecular complexity index is 439. The Labute approximate surface area is 142 Å². The zero-order valence-electron chi connectivity index (χ0n) is 14.3. The van der Waals surface area contributed by atoms with Crippen molar-refractivity contribution in [2.75, 3.05) is 6.54 Å². The summed E-state index contributed by atoms with van der Waals surface area (Å²) >= 11 is 0. The van der Waals surface area contributed by atoms with Crippen LogP contribution >= 0.6 is 0 Å². The predicted molar refractivity (Wildman–Crippen MR) is 94.4 cm³/mol. The van der Waals surface area contributed by atoms with E-state index in [1.165, 1.54) is 63.5 Å². The molecule has 0 bridgehead atoms. The molecule has 0 aliphatic rings. The van der Waals surface area contributed by atoms with Crippen molar-refractivity contribution in [2.24, 2.45) is 0 Å². The average Bonchev–Trinajstić information content (AvgIpc) is 2.56. The SMILES string of the molecule is CCCCCCCCCCCCNO[S+]([O])(=O)c1ccccc1. The molecule has 0 saturated heterocycles. The first-order chi connectivity index (χ1) is 11.2. The Kier molecular flexibility index (Phi) is 11.2. The third-order valence-corrected chi connectivity index (χ3v) is 5.02. The van der Waals surface area contributed by atoms with Crippen molar-refractivity contribution in [3.8, 4) is 0 Å². The monoisotopic (exact) mass is 341 g/mol. The largest absolute Gasteiger partial charge is 0.447 e. The second-order valence-electron chi connectivity index (χ2n) is 5.93. The van der Waals surface area contributed by atoms with E-state index in [1.54, 1.807) is 18.2 Å². The van der Waals surface area contributed by atoms with Crippen LogP contribution in [0.1, 0.15) is 71.1 Å². The highest BCUT2D eigenvalue weighted by atomic mass is 32.3. The summed E-state index contributed by atoms with van der Waals surface area (Å²) in [4.78, 5) is 0.176. The fourth-order valence-electron chi connectivity index (χ4n) is 2.44. The van der Waals surface area contributed by atoms with Crippen LogP contribution in [0.4, 0.5) is 0 Å². The zero-order valence-corrected chi connectivity index (χ0v) is 15.1. The van der Waals surface area contributed by atoms with Gasteiger partial charge in [0.05, 0.1) is 4.55 Å². The molecule has 1 aromatic rings. The van der Waals surface area contributed by atoms with Gasteiger partial charge in [-0.3, -0.25) is 0 Å². The van der Waals surface area contributed by atoms with Crippen molar-refractivity contribution >= 4 is 10.5 Å². The van der Waals surface area contributed by atoms with Gasteiger partial charge in [-0.05, 0) is 27.0 Å². The maximum absolute atomic E-state index is 11.8. The van der Waals surface area contributed by atoms with Gasteiger partial charge in [-0.1, -0.05) is 82.9 Å². The highest BCUT2D eigenvalue weighted by molar-refractivity contribution is 7.93. The number of unbranched alkanes of at least 4 members (excludes halogenated alkanes) is 9. The molecule has 5 heteroatoms. The summed E-state index contributed by atoms with van der Waals surface area (Å²) in [6, 6.07) is 8.18. The summed E-state index contributed by atoms with van der Waals surface area (Å²) in [7, 11) is -3.68. The standard InChI is InChI=1S/C18H31NO3S/c1-2-3-4-5-6-7-8-9-10-14-17-19-22-23(20,21)18-15-12-11-13-16-18/h11-13,15-16,19H,2-10,14,17H2,1H3/q+1. The number of rotatable bonds is 14. The van der Waals surface area contributed by atoms with Crippen molar-refractivity contribution in [1.29, 1.82) is 0 Å². The molecule has 1 unspecified atom stereocenters. The molecule has 1 N–H and O–H groups in total. The number of nitrogens with one attached hydrogen (secondary N) is 1. The van der Waals surface area contributed by atoms with Gasteiger partial charge in [0.15, 0.2) is 0 Å². The summed E-state index contributed by atoms with van der Waals surface area (Å²) in [6.45, 7) is 2.80. The fourth-order valence-corrected chi connectivity index (χ4v) is 3.26. The third kappa shape index (κ3) is 9.87. The van der Waals surface area contributed by atoms with E-state index in [1.807, 2.05) is 0 Å². The number of benzene rings is 1. The molecule has 0 heterocycles. The summed E-state index contributed by atoms with van der Waals surface area (Å²) in [6.07, 6.45) is 12.6. The first kappa shape index (κ1) is 20.3. The molecule has 4 nitrogen and oxygen atoms in total. The summed E-state index contributed by atoms with van der Waals surface area (Å²) < 4.78 is 28.5. The minimum absolute atomic E-state index is 0.176. The van der Waals surface area contributed by atoms with Gasteiger partial charge in [-0.15, -0.1) is 5.48 Å². The second kappa shape index (κ2) is 12.6. The highest BCUT2D eigenvalue weighted by Gasteiger charge is 2.34. The van der Waals surface area contributed by atoms with Crippen LogP contribution < -0.4 is 5.48 Å². The van der Waals surface area contributed by atoms with E-state index in [0.717, 1.165) is 12.8 Å². The topological polar surface area (TPSA) is 58.2 Å². The van der Waals surface area contributed by atoms with Gasteiger partial charge in [-0.2, -0.15) is 0 Å². The molecule has 1 rings (SSSR count). The molecule has 0 aromatic heterocycles. The van der Waals surface area contributed by atoms with Gasteiger partial charge in [0.2, 0.25) is 4.90 Å². The van der Waals surface area contributed by atoms with E-state index in [9.17, 15) is 8.76 Å². The van der Waals surface area contributed by atoms with E-state index in [-0.39, 0.29) is 4.90 Å². The lowest BCUT2D eigenvalue weighted by molar-refractivity contribution is 0.166.